The van der Waals surface area contributed by atoms with Gasteiger partial charge in [0.25, 0.3) is 0 Å². The number of fused-ring (bicyclic) bond motifs is 1. The highest BCUT2D eigenvalue weighted by molar-refractivity contribution is 9.10. The van der Waals surface area contributed by atoms with Crippen molar-refractivity contribution >= 4 is 26.8 Å². The number of halogens is 1. The molecule has 1 aromatic heterocycles. The lowest BCUT2D eigenvalue weighted by atomic mass is 10.1. The van der Waals surface area contributed by atoms with Crippen molar-refractivity contribution in [1.29, 1.82) is 0 Å². The van der Waals surface area contributed by atoms with Gasteiger partial charge in [0.05, 0.1) is 18.1 Å². The summed E-state index contributed by atoms with van der Waals surface area (Å²) >= 11 is 3.53. The lowest BCUT2D eigenvalue weighted by molar-refractivity contribution is -0.670. The van der Waals surface area contributed by atoms with Gasteiger partial charge in [-0.05, 0) is 45.8 Å². The zero-order valence-corrected chi connectivity index (χ0v) is 14.2. The summed E-state index contributed by atoms with van der Waals surface area (Å²) in [7, 11) is 1.69. The molecular weight excluding hydrogens is 340 g/mol. The Bertz CT molecular complexity index is 767. The van der Waals surface area contributed by atoms with Crippen molar-refractivity contribution in [2.24, 2.45) is 0 Å². The molecule has 4 heteroatoms. The van der Waals surface area contributed by atoms with Crippen LogP contribution in [0.2, 0.25) is 0 Å². The van der Waals surface area contributed by atoms with Crippen molar-refractivity contribution in [3.05, 3.63) is 64.3 Å². The Morgan fingerprint density at radius 2 is 2.05 bits per heavy atom. The third kappa shape index (κ3) is 3.34. The van der Waals surface area contributed by atoms with Gasteiger partial charge in [-0.25, -0.2) is 0 Å². The van der Waals surface area contributed by atoms with E-state index in [2.05, 4.69) is 68.8 Å². The van der Waals surface area contributed by atoms with Crippen LogP contribution in [0.5, 0.6) is 5.75 Å². The van der Waals surface area contributed by atoms with E-state index in [1.165, 1.54) is 22.0 Å². The minimum atomic E-state index is 0.877. The average Bonchev–Trinajstić information content (AvgIpc) is 2.95. The van der Waals surface area contributed by atoms with E-state index in [1.807, 2.05) is 6.07 Å². The number of hydrogen-bond acceptors (Lipinski definition) is 1. The van der Waals surface area contributed by atoms with E-state index >= 15 is 0 Å². The lowest BCUT2D eigenvalue weighted by Gasteiger charge is -2.06. The summed E-state index contributed by atoms with van der Waals surface area (Å²) in [4.78, 5) is 3.33. The monoisotopic (exact) mass is 359 g/mol. The Morgan fingerprint density at radius 1 is 1.18 bits per heavy atom. The van der Waals surface area contributed by atoms with Gasteiger partial charge in [-0.3, -0.25) is 0 Å². The van der Waals surface area contributed by atoms with Gasteiger partial charge in [0.1, 0.15) is 12.3 Å². The highest BCUT2D eigenvalue weighted by Gasteiger charge is 2.05. The molecule has 0 atom stereocenters. The molecule has 3 nitrogen and oxygen atoms in total. The topological polar surface area (TPSA) is 41.6 Å². The number of methoxy groups -OCH3 is 1. The van der Waals surface area contributed by atoms with Gasteiger partial charge >= 0.3 is 0 Å². The summed E-state index contributed by atoms with van der Waals surface area (Å²) in [6.45, 7) is 2.05. The number of H-pyrrole nitrogens is 1. The molecule has 3 N–H and O–H groups in total. The van der Waals surface area contributed by atoms with E-state index in [4.69, 9.17) is 4.74 Å². The van der Waals surface area contributed by atoms with Crippen molar-refractivity contribution in [3.63, 3.8) is 0 Å². The van der Waals surface area contributed by atoms with Crippen LogP contribution in [-0.2, 0) is 13.0 Å². The van der Waals surface area contributed by atoms with Crippen LogP contribution in [0.1, 0.15) is 11.1 Å². The van der Waals surface area contributed by atoms with E-state index in [9.17, 15) is 0 Å². The first kappa shape index (κ1) is 15.1. The summed E-state index contributed by atoms with van der Waals surface area (Å²) in [5.41, 5.74) is 3.91. The van der Waals surface area contributed by atoms with E-state index in [0.717, 1.165) is 29.7 Å². The van der Waals surface area contributed by atoms with Crippen molar-refractivity contribution in [1.82, 2.24) is 4.98 Å². The number of benzene rings is 2. The summed E-state index contributed by atoms with van der Waals surface area (Å²) in [6, 6.07) is 14.7. The SMILES string of the molecule is COc1ccc(C[NH2+]CCc2c[nH]c3ccccc23)cc1Br. The van der Waals surface area contributed by atoms with Crippen LogP contribution < -0.4 is 10.1 Å². The van der Waals surface area contributed by atoms with Crippen LogP contribution in [0.25, 0.3) is 10.9 Å². The largest absolute Gasteiger partial charge is 0.496 e. The van der Waals surface area contributed by atoms with E-state index in [1.54, 1.807) is 7.11 Å². The summed E-state index contributed by atoms with van der Waals surface area (Å²) in [5, 5.41) is 3.68. The summed E-state index contributed by atoms with van der Waals surface area (Å²) in [5.74, 6) is 0.877. The first-order valence-corrected chi connectivity index (χ1v) is 8.26. The first-order valence-electron chi connectivity index (χ1n) is 7.47. The fourth-order valence-electron chi connectivity index (χ4n) is 2.70. The van der Waals surface area contributed by atoms with Gasteiger partial charge < -0.3 is 15.0 Å². The molecule has 0 amide bonds. The number of nitrogens with two attached hydrogens (primary N) is 1. The molecule has 114 valence electrons. The Hall–Kier alpha value is -1.78. The number of para-hydroxylation sites is 1. The van der Waals surface area contributed by atoms with E-state index in [-0.39, 0.29) is 0 Å². The Kier molecular flexibility index (Phi) is 4.80. The predicted octanol–water partition coefficient (Wildman–Crippen LogP) is 3.25. The maximum Gasteiger partial charge on any atom is 0.133 e. The third-order valence-electron chi connectivity index (χ3n) is 3.89. The molecule has 0 aliphatic rings. The highest BCUT2D eigenvalue weighted by atomic mass is 79.9. The van der Waals surface area contributed by atoms with Crippen LogP contribution in [0, 0.1) is 0 Å². The highest BCUT2D eigenvalue weighted by Crippen LogP contribution is 2.25. The molecule has 3 rings (SSSR count). The molecular formula is C18H20BrN2O+. The minimum Gasteiger partial charge on any atom is -0.496 e. The Morgan fingerprint density at radius 3 is 2.86 bits per heavy atom. The second-order valence-corrected chi connectivity index (χ2v) is 6.21. The molecule has 0 saturated heterocycles. The van der Waals surface area contributed by atoms with Gasteiger partial charge in [-0.2, -0.15) is 0 Å². The molecule has 0 aliphatic heterocycles. The first-order chi connectivity index (χ1) is 10.8. The molecule has 2 aromatic carbocycles. The zero-order valence-electron chi connectivity index (χ0n) is 12.6. The zero-order chi connectivity index (χ0) is 15.4. The van der Waals surface area contributed by atoms with Gasteiger partial charge in [-0.1, -0.05) is 18.2 Å². The lowest BCUT2D eigenvalue weighted by Crippen LogP contribution is -2.83. The standard InChI is InChI=1S/C18H19BrN2O/c1-22-18-7-6-13(10-16(18)19)11-20-9-8-14-12-21-17-5-3-2-4-15(14)17/h2-7,10,12,20-21H,8-9,11H2,1H3/p+1. The van der Waals surface area contributed by atoms with Crippen LogP contribution in [0.15, 0.2) is 53.1 Å². The second kappa shape index (κ2) is 6.99. The van der Waals surface area contributed by atoms with E-state index < -0.39 is 0 Å². The number of hydrogen-bond donors (Lipinski definition) is 2. The fraction of sp³-hybridized carbons (Fsp3) is 0.222. The molecule has 0 bridgehead atoms. The molecule has 1 heterocycles. The molecule has 0 unspecified atom stereocenters. The normalized spacial score (nSPS) is 11.0. The second-order valence-electron chi connectivity index (χ2n) is 5.36. The van der Waals surface area contributed by atoms with Crippen molar-refractivity contribution in [2.45, 2.75) is 13.0 Å². The van der Waals surface area contributed by atoms with Crippen LogP contribution in [-0.4, -0.2) is 18.6 Å². The molecule has 0 radical (unpaired) electrons. The number of nitrogens with one attached hydrogen (secondary N) is 1. The maximum atomic E-state index is 5.25. The number of ether oxygens (including phenoxy) is 1. The summed E-state index contributed by atoms with van der Waals surface area (Å²) in [6.07, 6.45) is 3.20. The number of aromatic nitrogens is 1. The number of quaternary nitrogens is 1. The quantitative estimate of drug-likeness (QED) is 0.651. The molecule has 0 aliphatic carbocycles. The smallest absolute Gasteiger partial charge is 0.133 e. The molecule has 0 saturated carbocycles. The molecule has 3 aromatic rings. The van der Waals surface area contributed by atoms with Crippen molar-refractivity contribution in [3.8, 4) is 5.75 Å². The third-order valence-corrected chi connectivity index (χ3v) is 4.51. The maximum absolute atomic E-state index is 5.25. The van der Waals surface area contributed by atoms with Crippen molar-refractivity contribution in [2.75, 3.05) is 13.7 Å². The van der Waals surface area contributed by atoms with Gasteiger partial charge in [0.15, 0.2) is 0 Å². The van der Waals surface area contributed by atoms with Gasteiger partial charge in [-0.15, -0.1) is 0 Å². The average molecular weight is 360 g/mol. The van der Waals surface area contributed by atoms with Crippen molar-refractivity contribution < 1.29 is 10.1 Å². The number of rotatable bonds is 6. The summed E-state index contributed by atoms with van der Waals surface area (Å²) < 4.78 is 6.27. The van der Waals surface area contributed by atoms with Crippen LogP contribution in [0.3, 0.4) is 0 Å². The predicted molar refractivity (Wildman–Crippen MR) is 93.2 cm³/mol. The fourth-order valence-corrected chi connectivity index (χ4v) is 3.29. The van der Waals surface area contributed by atoms with Gasteiger partial charge in [0, 0.05) is 29.1 Å². The van der Waals surface area contributed by atoms with E-state index in [0.29, 0.717) is 0 Å². The molecule has 0 fully saturated rings. The van der Waals surface area contributed by atoms with Crippen LogP contribution in [0.4, 0.5) is 0 Å². The minimum absolute atomic E-state index is 0.877. The van der Waals surface area contributed by atoms with Crippen LogP contribution >= 0.6 is 15.9 Å². The number of aromatic amines is 1. The Balaban J connectivity index is 1.54. The van der Waals surface area contributed by atoms with Gasteiger partial charge in [0.2, 0.25) is 0 Å². The molecule has 22 heavy (non-hydrogen) atoms. The molecule has 0 spiro atoms. The Labute approximate surface area is 138 Å².